The van der Waals surface area contributed by atoms with Crippen LogP contribution >= 0.6 is 0 Å². The minimum Gasteiger partial charge on any atom is -0.453 e. The molecule has 0 aromatic carbocycles. The highest BCUT2D eigenvalue weighted by Crippen LogP contribution is 2.23. The Morgan fingerprint density at radius 1 is 1.71 bits per heavy atom. The molecular formula is C8H11N3O3. The largest absolute Gasteiger partial charge is 0.453 e. The van der Waals surface area contributed by atoms with Gasteiger partial charge in [-0.1, -0.05) is 5.16 Å². The van der Waals surface area contributed by atoms with Crippen molar-refractivity contribution in [1.29, 1.82) is 0 Å². The highest BCUT2D eigenvalue weighted by Gasteiger charge is 2.26. The zero-order valence-corrected chi connectivity index (χ0v) is 7.82. The Bertz CT molecular complexity index is 361. The fourth-order valence-corrected chi connectivity index (χ4v) is 1.53. The van der Waals surface area contributed by atoms with Crippen molar-refractivity contribution in [2.24, 2.45) is 0 Å². The summed E-state index contributed by atoms with van der Waals surface area (Å²) in [7, 11) is 1.35. The fraction of sp³-hybridized carbons (Fsp3) is 0.500. The van der Waals surface area contributed by atoms with E-state index in [0.29, 0.717) is 31.1 Å². The van der Waals surface area contributed by atoms with Crippen LogP contribution in [0.4, 0.5) is 10.6 Å². The molecule has 0 fully saturated rings. The number of amides is 1. The lowest BCUT2D eigenvalue weighted by Gasteiger charge is -2.23. The normalized spacial score (nSPS) is 15.1. The number of fused-ring (bicyclic) bond motifs is 1. The van der Waals surface area contributed by atoms with Crippen LogP contribution in [0.15, 0.2) is 4.52 Å². The monoisotopic (exact) mass is 197 g/mol. The SMILES string of the molecule is COC(=O)N1CCc2c(N)noc2C1. The number of methoxy groups -OCH3 is 1. The molecule has 14 heavy (non-hydrogen) atoms. The van der Waals surface area contributed by atoms with Gasteiger partial charge in [-0.05, 0) is 6.42 Å². The summed E-state index contributed by atoms with van der Waals surface area (Å²) >= 11 is 0. The first-order valence-corrected chi connectivity index (χ1v) is 4.28. The average Bonchev–Trinajstić information content (AvgIpc) is 2.59. The van der Waals surface area contributed by atoms with E-state index < -0.39 is 0 Å². The Morgan fingerprint density at radius 3 is 3.21 bits per heavy atom. The molecule has 0 aliphatic carbocycles. The lowest BCUT2D eigenvalue weighted by atomic mass is 10.1. The number of hydrogen-bond acceptors (Lipinski definition) is 5. The topological polar surface area (TPSA) is 81.6 Å². The van der Waals surface area contributed by atoms with Gasteiger partial charge >= 0.3 is 6.09 Å². The van der Waals surface area contributed by atoms with Gasteiger partial charge in [0.2, 0.25) is 0 Å². The molecule has 1 amide bonds. The summed E-state index contributed by atoms with van der Waals surface area (Å²) in [4.78, 5) is 12.7. The van der Waals surface area contributed by atoms with Crippen molar-refractivity contribution in [2.75, 3.05) is 19.4 Å². The van der Waals surface area contributed by atoms with Crippen LogP contribution in [0.2, 0.25) is 0 Å². The highest BCUT2D eigenvalue weighted by molar-refractivity contribution is 5.68. The Kier molecular flexibility index (Phi) is 2.03. The van der Waals surface area contributed by atoms with Crippen LogP contribution in [0, 0.1) is 0 Å². The van der Waals surface area contributed by atoms with Gasteiger partial charge in [-0.3, -0.25) is 0 Å². The number of rotatable bonds is 0. The van der Waals surface area contributed by atoms with E-state index in [-0.39, 0.29) is 6.09 Å². The summed E-state index contributed by atoms with van der Waals surface area (Å²) in [5, 5.41) is 3.64. The van der Waals surface area contributed by atoms with E-state index in [1.165, 1.54) is 7.11 Å². The molecule has 1 aromatic heterocycles. The van der Waals surface area contributed by atoms with Crippen LogP contribution < -0.4 is 5.73 Å². The highest BCUT2D eigenvalue weighted by atomic mass is 16.5. The Balaban J connectivity index is 2.18. The van der Waals surface area contributed by atoms with Crippen molar-refractivity contribution in [2.45, 2.75) is 13.0 Å². The number of hydrogen-bond donors (Lipinski definition) is 1. The molecule has 0 saturated carbocycles. The number of nitrogens with two attached hydrogens (primary N) is 1. The summed E-state index contributed by atoms with van der Waals surface area (Å²) < 4.78 is 9.59. The second-order valence-electron chi connectivity index (χ2n) is 3.11. The van der Waals surface area contributed by atoms with E-state index in [4.69, 9.17) is 10.3 Å². The molecule has 0 saturated heterocycles. The van der Waals surface area contributed by atoms with Crippen molar-refractivity contribution in [3.05, 3.63) is 11.3 Å². The third kappa shape index (κ3) is 1.28. The Hall–Kier alpha value is -1.72. The van der Waals surface area contributed by atoms with Gasteiger partial charge in [-0.2, -0.15) is 0 Å². The van der Waals surface area contributed by atoms with E-state index in [9.17, 15) is 4.79 Å². The molecular weight excluding hydrogens is 186 g/mol. The predicted molar refractivity (Wildman–Crippen MR) is 47.4 cm³/mol. The van der Waals surface area contributed by atoms with E-state index in [1.54, 1.807) is 4.90 Å². The number of nitrogens with zero attached hydrogens (tertiary/aromatic N) is 2. The van der Waals surface area contributed by atoms with Crippen LogP contribution in [0.25, 0.3) is 0 Å². The number of aromatic nitrogens is 1. The standard InChI is InChI=1S/C8H11N3O3/c1-13-8(12)11-3-2-5-6(4-11)14-10-7(5)9/h2-4H2,1H3,(H2,9,10). The van der Waals surface area contributed by atoms with E-state index in [2.05, 4.69) is 9.89 Å². The Morgan fingerprint density at radius 2 is 2.50 bits per heavy atom. The minimum absolute atomic E-state index is 0.356. The summed E-state index contributed by atoms with van der Waals surface area (Å²) in [5.74, 6) is 1.07. The molecule has 1 aliphatic rings. The van der Waals surface area contributed by atoms with E-state index in [0.717, 1.165) is 5.56 Å². The maximum absolute atomic E-state index is 11.2. The first-order valence-electron chi connectivity index (χ1n) is 4.28. The zero-order chi connectivity index (χ0) is 10.1. The average molecular weight is 197 g/mol. The smallest absolute Gasteiger partial charge is 0.409 e. The lowest BCUT2D eigenvalue weighted by Crippen LogP contribution is -2.35. The van der Waals surface area contributed by atoms with Crippen molar-refractivity contribution >= 4 is 11.9 Å². The maximum Gasteiger partial charge on any atom is 0.409 e. The zero-order valence-electron chi connectivity index (χ0n) is 7.82. The van der Waals surface area contributed by atoms with E-state index >= 15 is 0 Å². The van der Waals surface area contributed by atoms with Gasteiger partial charge in [0.1, 0.15) is 0 Å². The first-order chi connectivity index (χ1) is 6.72. The molecule has 76 valence electrons. The van der Waals surface area contributed by atoms with Crippen LogP contribution in [-0.2, 0) is 17.7 Å². The van der Waals surface area contributed by atoms with Crippen LogP contribution in [-0.4, -0.2) is 29.8 Å². The minimum atomic E-state index is -0.356. The summed E-state index contributed by atoms with van der Waals surface area (Å²) in [6.07, 6.45) is 0.311. The van der Waals surface area contributed by atoms with Crippen molar-refractivity contribution in [3.8, 4) is 0 Å². The second kappa shape index (κ2) is 3.21. The molecule has 2 rings (SSSR count). The molecule has 2 N–H and O–H groups in total. The number of carbonyl (C=O) groups is 1. The quantitative estimate of drug-likeness (QED) is 0.650. The maximum atomic E-state index is 11.2. The predicted octanol–water partition coefficient (Wildman–Crippen LogP) is 0.381. The van der Waals surface area contributed by atoms with Gasteiger partial charge in [0.15, 0.2) is 11.6 Å². The van der Waals surface area contributed by atoms with Crippen molar-refractivity contribution in [1.82, 2.24) is 10.1 Å². The van der Waals surface area contributed by atoms with Gasteiger partial charge < -0.3 is 19.9 Å². The van der Waals surface area contributed by atoms with Crippen LogP contribution in [0.3, 0.4) is 0 Å². The molecule has 6 heteroatoms. The number of carbonyl (C=O) groups excluding carboxylic acids is 1. The molecule has 1 aliphatic heterocycles. The van der Waals surface area contributed by atoms with Gasteiger partial charge in [-0.15, -0.1) is 0 Å². The van der Waals surface area contributed by atoms with Gasteiger partial charge in [-0.25, -0.2) is 4.79 Å². The fourth-order valence-electron chi connectivity index (χ4n) is 1.53. The van der Waals surface area contributed by atoms with Gasteiger partial charge in [0.05, 0.1) is 13.7 Å². The molecule has 0 unspecified atom stereocenters. The third-order valence-electron chi connectivity index (χ3n) is 2.30. The van der Waals surface area contributed by atoms with Crippen molar-refractivity contribution in [3.63, 3.8) is 0 Å². The second-order valence-corrected chi connectivity index (χ2v) is 3.11. The van der Waals surface area contributed by atoms with Gasteiger partial charge in [0.25, 0.3) is 0 Å². The van der Waals surface area contributed by atoms with Gasteiger partial charge in [0, 0.05) is 12.1 Å². The molecule has 0 atom stereocenters. The third-order valence-corrected chi connectivity index (χ3v) is 2.30. The number of ether oxygens (including phenoxy) is 1. The summed E-state index contributed by atoms with van der Waals surface area (Å²) in [6.45, 7) is 0.970. The first kappa shape index (κ1) is 8.86. The number of nitrogen functional groups attached to an aromatic ring is 1. The lowest BCUT2D eigenvalue weighted by molar-refractivity contribution is 0.113. The Labute approximate surface area is 80.6 Å². The van der Waals surface area contributed by atoms with E-state index in [1.807, 2.05) is 0 Å². The molecule has 1 aromatic rings. The molecule has 0 radical (unpaired) electrons. The molecule has 6 nitrogen and oxygen atoms in total. The summed E-state index contributed by atoms with van der Waals surface area (Å²) in [6, 6.07) is 0. The summed E-state index contributed by atoms with van der Waals surface area (Å²) in [5.41, 5.74) is 6.48. The molecule has 0 bridgehead atoms. The number of anilines is 1. The van der Waals surface area contributed by atoms with Crippen LogP contribution in [0.5, 0.6) is 0 Å². The van der Waals surface area contributed by atoms with Crippen LogP contribution in [0.1, 0.15) is 11.3 Å². The van der Waals surface area contributed by atoms with Crippen molar-refractivity contribution < 1.29 is 14.1 Å². The molecule has 2 heterocycles. The molecule has 0 spiro atoms.